The maximum atomic E-state index is 11.5. The molecule has 0 fully saturated rings. The lowest BCUT2D eigenvalue weighted by Gasteiger charge is -2.04. The summed E-state index contributed by atoms with van der Waals surface area (Å²) in [6.07, 6.45) is 1.43. The topological polar surface area (TPSA) is 90.0 Å². The number of amides is 1. The molecule has 2 rings (SSSR count). The Morgan fingerprint density at radius 2 is 2.33 bits per heavy atom. The number of carbonyl (C=O) groups excluding carboxylic acids is 1. The Hall–Kier alpha value is -1.99. The molecule has 18 heavy (non-hydrogen) atoms. The Morgan fingerprint density at radius 1 is 1.56 bits per heavy atom. The molecule has 1 amide bonds. The van der Waals surface area contributed by atoms with Crippen LogP contribution in [0.15, 0.2) is 28.5 Å². The fraction of sp³-hybridized carbons (Fsp3) is 0.182. The number of thiazole rings is 1. The van der Waals surface area contributed by atoms with Crippen molar-refractivity contribution in [2.45, 2.75) is 13.5 Å². The van der Waals surface area contributed by atoms with E-state index in [1.54, 1.807) is 22.1 Å². The van der Waals surface area contributed by atoms with Gasteiger partial charge in [-0.3, -0.25) is 24.6 Å². The third-order valence-corrected chi connectivity index (χ3v) is 3.40. The lowest BCUT2D eigenvalue weighted by atomic mass is 10.2. The van der Waals surface area contributed by atoms with Crippen molar-refractivity contribution >= 4 is 17.2 Å². The Kier molecular flexibility index (Phi) is 3.54. The highest BCUT2D eigenvalue weighted by atomic mass is 32.1. The Labute approximate surface area is 107 Å². The first kappa shape index (κ1) is 12.5. The molecular weight excluding hydrogens is 252 g/mol. The summed E-state index contributed by atoms with van der Waals surface area (Å²) < 4.78 is 1.63. The Bertz CT molecular complexity index is 615. The summed E-state index contributed by atoms with van der Waals surface area (Å²) in [7, 11) is 0. The molecule has 0 aliphatic carbocycles. The third-order valence-electron chi connectivity index (χ3n) is 2.51. The van der Waals surface area contributed by atoms with E-state index in [-0.39, 0.29) is 4.87 Å². The zero-order valence-electron chi connectivity index (χ0n) is 9.71. The van der Waals surface area contributed by atoms with Gasteiger partial charge in [0.05, 0.1) is 17.8 Å². The number of aromatic nitrogens is 2. The largest absolute Gasteiger partial charge is 0.307 e. The molecular formula is C11H12N4O2S. The summed E-state index contributed by atoms with van der Waals surface area (Å²) in [5.41, 5.74) is 4.03. The first-order valence-corrected chi connectivity index (χ1v) is 6.10. The molecule has 0 radical (unpaired) electrons. The van der Waals surface area contributed by atoms with Gasteiger partial charge in [-0.25, -0.2) is 5.84 Å². The first-order chi connectivity index (χ1) is 8.61. The van der Waals surface area contributed by atoms with Crippen LogP contribution in [0.3, 0.4) is 0 Å². The zero-order valence-corrected chi connectivity index (χ0v) is 10.5. The number of nitrogens with one attached hydrogen (secondary N) is 1. The molecule has 0 saturated carbocycles. The minimum absolute atomic E-state index is 0.0157. The van der Waals surface area contributed by atoms with Crippen molar-refractivity contribution in [2.24, 2.45) is 5.84 Å². The Morgan fingerprint density at radius 3 is 2.83 bits per heavy atom. The number of rotatable bonds is 3. The van der Waals surface area contributed by atoms with Crippen molar-refractivity contribution in [1.82, 2.24) is 15.0 Å². The number of nitrogens with two attached hydrogens (primary N) is 1. The average Bonchev–Trinajstić information content (AvgIpc) is 2.70. The molecule has 0 aromatic carbocycles. The molecule has 6 nitrogen and oxygen atoms in total. The summed E-state index contributed by atoms with van der Waals surface area (Å²) in [5, 5.41) is 1.80. The summed E-state index contributed by atoms with van der Waals surface area (Å²) in [6.45, 7) is 2.27. The molecule has 0 aliphatic heterocycles. The lowest BCUT2D eigenvalue weighted by Crippen LogP contribution is -2.30. The van der Waals surface area contributed by atoms with Gasteiger partial charge in [-0.05, 0) is 19.1 Å². The van der Waals surface area contributed by atoms with E-state index in [4.69, 9.17) is 5.84 Å². The van der Waals surface area contributed by atoms with Crippen LogP contribution >= 0.6 is 11.3 Å². The second kappa shape index (κ2) is 5.11. The highest BCUT2D eigenvalue weighted by molar-refractivity contribution is 7.07. The summed E-state index contributed by atoms with van der Waals surface area (Å²) in [4.78, 5) is 26.9. The molecule has 2 aromatic heterocycles. The van der Waals surface area contributed by atoms with Gasteiger partial charge in [0, 0.05) is 17.3 Å². The highest BCUT2D eigenvalue weighted by Gasteiger charge is 2.06. The summed E-state index contributed by atoms with van der Waals surface area (Å²) in [5.74, 6) is 4.63. The number of nitrogen functional groups attached to an aromatic ring is 1. The molecule has 2 aromatic rings. The van der Waals surface area contributed by atoms with Crippen molar-refractivity contribution in [3.63, 3.8) is 0 Å². The molecule has 2 heterocycles. The van der Waals surface area contributed by atoms with Gasteiger partial charge in [-0.2, -0.15) is 0 Å². The smallest absolute Gasteiger partial charge is 0.297 e. The second-order valence-corrected chi connectivity index (χ2v) is 4.56. The van der Waals surface area contributed by atoms with Crippen molar-refractivity contribution < 1.29 is 4.79 Å². The van der Waals surface area contributed by atoms with Crippen LogP contribution in [0.4, 0.5) is 0 Å². The van der Waals surface area contributed by atoms with Gasteiger partial charge in [0.1, 0.15) is 0 Å². The van der Waals surface area contributed by atoms with Crippen molar-refractivity contribution in [3.8, 4) is 0 Å². The monoisotopic (exact) mass is 264 g/mol. The number of hydrazine groups is 1. The van der Waals surface area contributed by atoms with E-state index < -0.39 is 5.91 Å². The van der Waals surface area contributed by atoms with Gasteiger partial charge in [-0.1, -0.05) is 11.3 Å². The lowest BCUT2D eigenvalue weighted by molar-refractivity contribution is 0.0953. The van der Waals surface area contributed by atoms with Crippen LogP contribution in [-0.4, -0.2) is 15.5 Å². The standard InChI is InChI=1S/C11H12N4O2S/c1-7-6-18-11(17)15(7)5-9-3-2-8(4-13-9)10(16)14-12/h2-4,6H,5,12H2,1H3,(H,14,16). The number of carbonyl (C=O) groups is 1. The number of hydrogen-bond acceptors (Lipinski definition) is 5. The second-order valence-electron chi connectivity index (χ2n) is 3.74. The van der Waals surface area contributed by atoms with Crippen LogP contribution in [0.2, 0.25) is 0 Å². The van der Waals surface area contributed by atoms with Crippen molar-refractivity contribution in [1.29, 1.82) is 0 Å². The van der Waals surface area contributed by atoms with Gasteiger partial charge in [0.15, 0.2) is 0 Å². The van der Waals surface area contributed by atoms with Crippen molar-refractivity contribution in [2.75, 3.05) is 0 Å². The number of nitrogens with zero attached hydrogens (tertiary/aromatic N) is 2. The average molecular weight is 264 g/mol. The van der Waals surface area contributed by atoms with Gasteiger partial charge in [-0.15, -0.1) is 0 Å². The SMILES string of the molecule is Cc1csc(=O)n1Cc1ccc(C(=O)NN)cn1. The quantitative estimate of drug-likeness (QED) is 0.473. The molecule has 0 unspecified atom stereocenters. The number of hydrogen-bond donors (Lipinski definition) is 2. The van der Waals surface area contributed by atoms with E-state index in [1.165, 1.54) is 6.20 Å². The maximum absolute atomic E-state index is 11.5. The summed E-state index contributed by atoms with van der Waals surface area (Å²) >= 11 is 1.16. The van der Waals surface area contributed by atoms with E-state index in [9.17, 15) is 9.59 Å². The zero-order chi connectivity index (χ0) is 13.1. The van der Waals surface area contributed by atoms with Crippen LogP contribution in [0.25, 0.3) is 0 Å². The fourth-order valence-corrected chi connectivity index (χ4v) is 2.23. The van der Waals surface area contributed by atoms with E-state index >= 15 is 0 Å². The van der Waals surface area contributed by atoms with Crippen LogP contribution in [0, 0.1) is 6.92 Å². The maximum Gasteiger partial charge on any atom is 0.307 e. The molecule has 0 aliphatic rings. The van der Waals surface area contributed by atoms with Gasteiger partial charge in [0.25, 0.3) is 5.91 Å². The minimum Gasteiger partial charge on any atom is -0.297 e. The van der Waals surface area contributed by atoms with E-state index in [1.807, 2.05) is 12.3 Å². The minimum atomic E-state index is -0.391. The molecule has 94 valence electrons. The molecule has 0 saturated heterocycles. The van der Waals surface area contributed by atoms with Gasteiger partial charge < -0.3 is 0 Å². The molecule has 0 spiro atoms. The van der Waals surface area contributed by atoms with E-state index in [2.05, 4.69) is 4.98 Å². The van der Waals surface area contributed by atoms with Gasteiger partial charge >= 0.3 is 4.87 Å². The molecule has 0 bridgehead atoms. The summed E-state index contributed by atoms with van der Waals surface area (Å²) in [6, 6.07) is 3.32. The molecule has 3 N–H and O–H groups in total. The van der Waals surface area contributed by atoms with Crippen LogP contribution < -0.4 is 16.1 Å². The molecule has 0 atom stereocenters. The van der Waals surface area contributed by atoms with E-state index in [0.29, 0.717) is 17.8 Å². The van der Waals surface area contributed by atoms with Crippen LogP contribution in [0.5, 0.6) is 0 Å². The number of aryl methyl sites for hydroxylation is 1. The molecule has 7 heteroatoms. The number of pyridine rings is 1. The Balaban J connectivity index is 2.21. The third kappa shape index (κ3) is 2.47. The normalized spacial score (nSPS) is 10.3. The van der Waals surface area contributed by atoms with E-state index in [0.717, 1.165) is 17.0 Å². The predicted octanol–water partition coefficient (Wildman–Crippen LogP) is 0.265. The first-order valence-electron chi connectivity index (χ1n) is 5.22. The highest BCUT2D eigenvalue weighted by Crippen LogP contribution is 2.05. The van der Waals surface area contributed by atoms with Gasteiger partial charge in [0.2, 0.25) is 0 Å². The fourth-order valence-electron chi connectivity index (χ4n) is 1.49. The van der Waals surface area contributed by atoms with Crippen molar-refractivity contribution in [3.05, 3.63) is 50.3 Å². The van der Waals surface area contributed by atoms with Crippen LogP contribution in [0.1, 0.15) is 21.7 Å². The predicted molar refractivity (Wildman–Crippen MR) is 68.3 cm³/mol. The van der Waals surface area contributed by atoms with Crippen LogP contribution in [-0.2, 0) is 6.54 Å².